The van der Waals surface area contributed by atoms with E-state index in [2.05, 4.69) is 27.0 Å². The van der Waals surface area contributed by atoms with Crippen LogP contribution in [0.1, 0.15) is 56.1 Å². The van der Waals surface area contributed by atoms with Crippen LogP contribution in [0, 0.1) is 6.92 Å². The highest BCUT2D eigenvalue weighted by Crippen LogP contribution is 2.25. The number of aromatic nitrogens is 4. The van der Waals surface area contributed by atoms with Crippen LogP contribution in [-0.2, 0) is 34.2 Å². The highest BCUT2D eigenvalue weighted by atomic mass is 32.2. The third-order valence-electron chi connectivity index (χ3n) is 6.40. The van der Waals surface area contributed by atoms with Crippen LogP contribution in [0.4, 0.5) is 0 Å². The Labute approximate surface area is 201 Å². The van der Waals surface area contributed by atoms with Crippen molar-refractivity contribution in [3.05, 3.63) is 41.5 Å². The number of imidazole rings is 1. The van der Waals surface area contributed by atoms with Crippen molar-refractivity contribution < 1.29 is 13.2 Å². The van der Waals surface area contributed by atoms with Gasteiger partial charge < -0.3 is 9.88 Å². The average molecular weight is 487 g/mol. The largest absolute Gasteiger partial charge is 0.356 e. The molecule has 34 heavy (non-hydrogen) atoms. The summed E-state index contributed by atoms with van der Waals surface area (Å²) in [5, 5.41) is 9.94. The highest BCUT2D eigenvalue weighted by Gasteiger charge is 2.27. The Hall–Kier alpha value is -2.72. The summed E-state index contributed by atoms with van der Waals surface area (Å²) in [7, 11) is -3.49. The fourth-order valence-electron chi connectivity index (χ4n) is 4.51. The van der Waals surface area contributed by atoms with Crippen molar-refractivity contribution in [1.82, 2.24) is 29.4 Å². The number of hydrogen-bond donors (Lipinski definition) is 2. The number of rotatable bonds is 11. The molecule has 1 fully saturated rings. The van der Waals surface area contributed by atoms with Gasteiger partial charge in [0.25, 0.3) is 0 Å². The molecule has 0 atom stereocenters. The maximum Gasteiger partial charge on any atom is 0.243 e. The van der Waals surface area contributed by atoms with E-state index in [1.54, 1.807) is 16.4 Å². The Morgan fingerprint density at radius 1 is 1.21 bits per heavy atom. The first-order chi connectivity index (χ1) is 16.4. The van der Waals surface area contributed by atoms with Crippen molar-refractivity contribution in [2.45, 2.75) is 70.2 Å². The molecule has 1 aliphatic rings. The van der Waals surface area contributed by atoms with E-state index < -0.39 is 10.0 Å². The number of aryl methyl sites for hydroxylation is 4. The predicted molar refractivity (Wildman–Crippen MR) is 131 cm³/mol. The molecule has 9 nitrogen and oxygen atoms in total. The van der Waals surface area contributed by atoms with Gasteiger partial charge in [0.15, 0.2) is 0 Å². The lowest BCUT2D eigenvalue weighted by Crippen LogP contribution is -2.27. The number of hydrogen-bond acceptors (Lipinski definition) is 5. The van der Waals surface area contributed by atoms with Gasteiger partial charge >= 0.3 is 0 Å². The van der Waals surface area contributed by atoms with Crippen LogP contribution in [0.2, 0.25) is 0 Å². The molecule has 0 unspecified atom stereocenters. The lowest BCUT2D eigenvalue weighted by Gasteiger charge is -2.15. The van der Waals surface area contributed by atoms with E-state index >= 15 is 0 Å². The fourth-order valence-corrected chi connectivity index (χ4v) is 6.05. The van der Waals surface area contributed by atoms with E-state index in [4.69, 9.17) is 4.98 Å². The molecule has 0 aliphatic carbocycles. The SMILES string of the molecule is CCCn1c(CCC(=O)NCCCc2cn[nH]c2C)nc2cc(S(=O)(=O)N3CCCC3)ccc21. The Morgan fingerprint density at radius 3 is 2.71 bits per heavy atom. The van der Waals surface area contributed by atoms with E-state index in [0.29, 0.717) is 42.9 Å². The van der Waals surface area contributed by atoms with Gasteiger partial charge in [0.05, 0.1) is 22.1 Å². The van der Waals surface area contributed by atoms with Gasteiger partial charge in [0.2, 0.25) is 15.9 Å². The lowest BCUT2D eigenvalue weighted by atomic mass is 10.1. The second kappa shape index (κ2) is 10.7. The van der Waals surface area contributed by atoms with Crippen LogP contribution in [0.3, 0.4) is 0 Å². The molecule has 1 saturated heterocycles. The van der Waals surface area contributed by atoms with Gasteiger partial charge in [-0.25, -0.2) is 13.4 Å². The van der Waals surface area contributed by atoms with Crippen LogP contribution in [0.5, 0.6) is 0 Å². The van der Waals surface area contributed by atoms with Crippen LogP contribution in [0.15, 0.2) is 29.3 Å². The van der Waals surface area contributed by atoms with Crippen molar-refractivity contribution in [2.75, 3.05) is 19.6 Å². The van der Waals surface area contributed by atoms with Crippen molar-refractivity contribution in [1.29, 1.82) is 0 Å². The summed E-state index contributed by atoms with van der Waals surface area (Å²) in [6.07, 6.45) is 7.14. The Morgan fingerprint density at radius 2 is 2.00 bits per heavy atom. The third kappa shape index (κ3) is 5.33. The molecule has 1 amide bonds. The standard InChI is InChI=1S/C24H34N6O3S/c1-3-13-30-22-9-8-20(34(32,33)29-14-4-5-15-29)16-21(22)27-23(30)10-11-24(31)25-12-6-7-19-17-26-28-18(19)2/h8-9,16-17H,3-7,10-15H2,1-2H3,(H,25,31)(H,26,28). The zero-order chi connectivity index (χ0) is 24.1. The quantitative estimate of drug-likeness (QED) is 0.405. The second-order valence-electron chi connectivity index (χ2n) is 8.92. The van der Waals surface area contributed by atoms with Gasteiger partial charge in [-0.3, -0.25) is 9.89 Å². The number of aromatic amines is 1. The van der Waals surface area contributed by atoms with Crippen molar-refractivity contribution in [2.24, 2.45) is 0 Å². The number of carbonyl (C=O) groups excluding carboxylic acids is 1. The number of nitrogens with zero attached hydrogens (tertiary/aromatic N) is 4. The highest BCUT2D eigenvalue weighted by molar-refractivity contribution is 7.89. The number of fused-ring (bicyclic) bond motifs is 1. The Bertz CT molecular complexity index is 1240. The summed E-state index contributed by atoms with van der Waals surface area (Å²) in [6, 6.07) is 5.21. The number of H-pyrrole nitrogens is 1. The summed E-state index contributed by atoms with van der Waals surface area (Å²) in [4.78, 5) is 17.4. The van der Waals surface area contributed by atoms with Crippen LogP contribution in [-0.4, -0.2) is 58.0 Å². The molecule has 4 rings (SSSR count). The van der Waals surface area contributed by atoms with Crippen molar-refractivity contribution in [3.63, 3.8) is 0 Å². The van der Waals surface area contributed by atoms with Crippen molar-refractivity contribution >= 4 is 27.0 Å². The fraction of sp³-hybridized carbons (Fsp3) is 0.542. The monoisotopic (exact) mass is 486 g/mol. The van der Waals surface area contributed by atoms with Gasteiger partial charge in [-0.2, -0.15) is 9.40 Å². The number of benzene rings is 1. The average Bonchev–Trinajstić information content (AvgIpc) is 3.56. The smallest absolute Gasteiger partial charge is 0.243 e. The molecule has 10 heteroatoms. The minimum atomic E-state index is -3.49. The van der Waals surface area contributed by atoms with Crippen LogP contribution in [0.25, 0.3) is 11.0 Å². The number of nitrogens with one attached hydrogen (secondary N) is 2. The maximum atomic E-state index is 13.0. The molecule has 0 bridgehead atoms. The summed E-state index contributed by atoms with van der Waals surface area (Å²) in [5.41, 5.74) is 3.82. The zero-order valence-electron chi connectivity index (χ0n) is 20.0. The topological polar surface area (TPSA) is 113 Å². The van der Waals surface area contributed by atoms with Crippen LogP contribution >= 0.6 is 0 Å². The van der Waals surface area contributed by atoms with Gasteiger partial charge in [0, 0.05) is 44.7 Å². The molecule has 3 aromatic rings. The summed E-state index contributed by atoms with van der Waals surface area (Å²) in [6.45, 7) is 6.63. The summed E-state index contributed by atoms with van der Waals surface area (Å²) in [5.74, 6) is 0.813. The molecular formula is C24H34N6O3S. The lowest BCUT2D eigenvalue weighted by molar-refractivity contribution is -0.121. The first-order valence-corrected chi connectivity index (χ1v) is 13.6. The third-order valence-corrected chi connectivity index (χ3v) is 8.30. The van der Waals surface area contributed by atoms with E-state index in [0.717, 1.165) is 55.7 Å². The van der Waals surface area contributed by atoms with E-state index in [-0.39, 0.29) is 5.91 Å². The molecule has 0 saturated carbocycles. The predicted octanol–water partition coefficient (Wildman–Crippen LogP) is 2.94. The number of sulfonamides is 1. The van der Waals surface area contributed by atoms with E-state index in [1.165, 1.54) is 5.56 Å². The minimum Gasteiger partial charge on any atom is -0.356 e. The molecule has 1 aliphatic heterocycles. The molecule has 3 heterocycles. The van der Waals surface area contributed by atoms with Crippen LogP contribution < -0.4 is 5.32 Å². The number of amides is 1. The molecular weight excluding hydrogens is 452 g/mol. The Balaban J connectivity index is 1.40. The molecule has 2 N–H and O–H groups in total. The zero-order valence-corrected chi connectivity index (χ0v) is 20.8. The van der Waals surface area contributed by atoms with Gasteiger partial charge in [-0.05, 0) is 62.8 Å². The normalized spacial score (nSPS) is 14.8. The molecule has 184 valence electrons. The second-order valence-corrected chi connectivity index (χ2v) is 10.9. The maximum absolute atomic E-state index is 13.0. The molecule has 0 radical (unpaired) electrons. The number of carbonyl (C=O) groups is 1. The van der Waals surface area contributed by atoms with E-state index in [9.17, 15) is 13.2 Å². The Kier molecular flexibility index (Phi) is 7.67. The summed E-state index contributed by atoms with van der Waals surface area (Å²) < 4.78 is 29.6. The first kappa shape index (κ1) is 24.4. The van der Waals surface area contributed by atoms with E-state index in [1.807, 2.05) is 19.2 Å². The first-order valence-electron chi connectivity index (χ1n) is 12.1. The molecule has 2 aromatic heterocycles. The molecule has 0 spiro atoms. The van der Waals surface area contributed by atoms with Crippen molar-refractivity contribution in [3.8, 4) is 0 Å². The van der Waals surface area contributed by atoms with Gasteiger partial charge in [-0.15, -0.1) is 0 Å². The van der Waals surface area contributed by atoms with Gasteiger partial charge in [-0.1, -0.05) is 6.92 Å². The minimum absolute atomic E-state index is 0.00341. The summed E-state index contributed by atoms with van der Waals surface area (Å²) >= 11 is 0. The molecule has 1 aromatic carbocycles. The van der Waals surface area contributed by atoms with Gasteiger partial charge in [0.1, 0.15) is 5.82 Å².